The molecule has 0 aliphatic carbocycles. The summed E-state index contributed by atoms with van der Waals surface area (Å²) >= 11 is 0. The van der Waals surface area contributed by atoms with Crippen LogP contribution in [0.1, 0.15) is 27.7 Å². The second-order valence-electron chi connectivity index (χ2n) is 2.57. The van der Waals surface area contributed by atoms with E-state index >= 15 is 0 Å². The van der Waals surface area contributed by atoms with Crippen molar-refractivity contribution in [2.75, 3.05) is 0 Å². The summed E-state index contributed by atoms with van der Waals surface area (Å²) in [7, 11) is 0. The van der Waals surface area contributed by atoms with E-state index in [0.29, 0.717) is 0 Å². The highest BCUT2D eigenvalue weighted by Gasteiger charge is 1.79. The van der Waals surface area contributed by atoms with Crippen molar-refractivity contribution in [3.05, 3.63) is 0 Å². The molecule has 0 amide bonds. The van der Waals surface area contributed by atoms with Crippen LogP contribution in [0.15, 0.2) is 0 Å². The fourth-order valence-corrected chi connectivity index (χ4v) is 0. The Morgan fingerprint density at radius 2 is 0.909 bits per heavy atom. The van der Waals surface area contributed by atoms with Crippen molar-refractivity contribution >= 4 is 0 Å². The smallest absolute Gasteiger partial charge is 0.0649 e. The van der Waals surface area contributed by atoms with Gasteiger partial charge in [-0.1, -0.05) is 0 Å². The van der Waals surface area contributed by atoms with Gasteiger partial charge in [-0.25, -0.2) is 0 Å². The van der Waals surface area contributed by atoms with Crippen LogP contribution in [0, 0.1) is 34.5 Å². The van der Waals surface area contributed by atoms with Gasteiger partial charge in [0.2, 0.25) is 0 Å². The highest BCUT2D eigenvalue weighted by atomic mass is 16.0. The molecule has 11 heavy (non-hydrogen) atoms. The highest BCUT2D eigenvalue weighted by Crippen LogP contribution is 1.82. The van der Waals surface area contributed by atoms with E-state index in [2.05, 4.69) is 0 Å². The standard InChI is InChI=1S/2C4H7N.H2O/c2*1-4(2)3-5;/h2*4H,1-2H3;1H2. The molecule has 0 aromatic heterocycles. The Balaban J connectivity index is -0.000000107. The lowest BCUT2D eigenvalue weighted by molar-refractivity contribution is 0.824. The minimum atomic E-state index is 0. The van der Waals surface area contributed by atoms with Crippen molar-refractivity contribution in [3.8, 4) is 12.1 Å². The Kier molecular flexibility index (Phi) is 17.5. The second kappa shape index (κ2) is 11.7. The van der Waals surface area contributed by atoms with Crippen molar-refractivity contribution in [1.29, 1.82) is 10.5 Å². The predicted molar refractivity (Wildman–Crippen MR) is 44.5 cm³/mol. The van der Waals surface area contributed by atoms with Gasteiger partial charge in [-0.15, -0.1) is 0 Å². The van der Waals surface area contributed by atoms with Crippen LogP contribution in [0.2, 0.25) is 0 Å². The van der Waals surface area contributed by atoms with Crippen LogP contribution in [0.3, 0.4) is 0 Å². The van der Waals surface area contributed by atoms with Gasteiger partial charge in [0.15, 0.2) is 0 Å². The van der Waals surface area contributed by atoms with E-state index in [1.54, 1.807) is 0 Å². The number of rotatable bonds is 0. The summed E-state index contributed by atoms with van der Waals surface area (Å²) in [5, 5.41) is 15.8. The number of nitriles is 2. The Hall–Kier alpha value is -1.06. The highest BCUT2D eigenvalue weighted by molar-refractivity contribution is 4.73. The molecule has 0 aliphatic heterocycles. The molecule has 64 valence electrons. The van der Waals surface area contributed by atoms with Gasteiger partial charge in [0.25, 0.3) is 0 Å². The van der Waals surface area contributed by atoms with Gasteiger partial charge >= 0.3 is 0 Å². The van der Waals surface area contributed by atoms with E-state index < -0.39 is 0 Å². The molecular formula is C8H16N2O. The van der Waals surface area contributed by atoms with Crippen molar-refractivity contribution in [1.82, 2.24) is 0 Å². The molecule has 0 saturated heterocycles. The van der Waals surface area contributed by atoms with Gasteiger partial charge in [-0.05, 0) is 27.7 Å². The Bertz CT molecular complexity index is 121. The minimum Gasteiger partial charge on any atom is -0.412 e. The van der Waals surface area contributed by atoms with Crippen molar-refractivity contribution < 1.29 is 5.48 Å². The Morgan fingerprint density at radius 3 is 0.909 bits per heavy atom. The summed E-state index contributed by atoms with van der Waals surface area (Å²) in [4.78, 5) is 0. The van der Waals surface area contributed by atoms with E-state index in [9.17, 15) is 0 Å². The Morgan fingerprint density at radius 1 is 0.818 bits per heavy atom. The third-order valence-electron chi connectivity index (χ3n) is 0.516. The quantitative estimate of drug-likeness (QED) is 0.532. The first-order chi connectivity index (χ1) is 4.54. The molecular weight excluding hydrogens is 140 g/mol. The third kappa shape index (κ3) is 49.8. The molecule has 0 bridgehead atoms. The molecule has 0 aromatic carbocycles. The minimum absolute atomic E-state index is 0. The zero-order valence-electron chi connectivity index (χ0n) is 7.55. The first-order valence-electron chi connectivity index (χ1n) is 3.33. The summed E-state index contributed by atoms with van der Waals surface area (Å²) in [5.74, 6) is 0.380. The van der Waals surface area contributed by atoms with Crippen molar-refractivity contribution in [2.45, 2.75) is 27.7 Å². The third-order valence-corrected chi connectivity index (χ3v) is 0.516. The fourth-order valence-electron chi connectivity index (χ4n) is 0. The lowest BCUT2D eigenvalue weighted by Gasteiger charge is -1.75. The molecule has 0 aromatic rings. The van der Waals surface area contributed by atoms with Crippen LogP contribution < -0.4 is 0 Å². The molecule has 0 saturated carbocycles. The predicted octanol–water partition coefficient (Wildman–Crippen LogP) is 1.51. The average Bonchev–Trinajstić information content (AvgIpc) is 1.89. The maximum atomic E-state index is 7.89. The van der Waals surface area contributed by atoms with Gasteiger partial charge in [0, 0.05) is 11.8 Å². The number of hydrogen-bond donors (Lipinski definition) is 0. The molecule has 0 spiro atoms. The largest absolute Gasteiger partial charge is 0.412 e. The molecule has 0 unspecified atom stereocenters. The molecule has 0 atom stereocenters. The van der Waals surface area contributed by atoms with Crippen LogP contribution in [-0.4, -0.2) is 5.48 Å². The van der Waals surface area contributed by atoms with Gasteiger partial charge < -0.3 is 5.48 Å². The second-order valence-corrected chi connectivity index (χ2v) is 2.57. The summed E-state index contributed by atoms with van der Waals surface area (Å²) in [6, 6.07) is 4.06. The molecule has 0 heterocycles. The van der Waals surface area contributed by atoms with Crippen molar-refractivity contribution in [2.24, 2.45) is 11.8 Å². The average molecular weight is 156 g/mol. The maximum Gasteiger partial charge on any atom is 0.0649 e. The van der Waals surface area contributed by atoms with E-state index in [-0.39, 0.29) is 17.3 Å². The maximum absolute atomic E-state index is 7.89. The summed E-state index contributed by atoms with van der Waals surface area (Å²) in [6.07, 6.45) is 0. The topological polar surface area (TPSA) is 79.1 Å². The van der Waals surface area contributed by atoms with Crippen LogP contribution in [-0.2, 0) is 0 Å². The lowest BCUT2D eigenvalue weighted by atomic mass is 10.3. The summed E-state index contributed by atoms with van der Waals surface area (Å²) < 4.78 is 0. The van der Waals surface area contributed by atoms with Crippen LogP contribution in [0.25, 0.3) is 0 Å². The summed E-state index contributed by atoms with van der Waals surface area (Å²) in [5.41, 5.74) is 0. The van der Waals surface area contributed by atoms with Crippen molar-refractivity contribution in [3.63, 3.8) is 0 Å². The molecule has 0 fully saturated rings. The normalized spacial score (nSPS) is 6.91. The van der Waals surface area contributed by atoms with Gasteiger partial charge in [-0.2, -0.15) is 10.5 Å². The lowest BCUT2D eigenvalue weighted by Crippen LogP contribution is -1.72. The van der Waals surface area contributed by atoms with E-state index in [4.69, 9.17) is 10.5 Å². The molecule has 0 aliphatic rings. The zero-order chi connectivity index (χ0) is 8.57. The molecule has 0 radical (unpaired) electrons. The SMILES string of the molecule is CC(C)C#N.CC(C)C#N.O. The number of nitrogens with zero attached hydrogens (tertiary/aromatic N) is 2. The molecule has 0 rings (SSSR count). The first kappa shape index (κ1) is 16.5. The fraction of sp³-hybridized carbons (Fsp3) is 0.750. The number of hydrogen-bond acceptors (Lipinski definition) is 2. The molecule has 2 N–H and O–H groups in total. The first-order valence-corrected chi connectivity index (χ1v) is 3.33. The monoisotopic (exact) mass is 156 g/mol. The van der Waals surface area contributed by atoms with Gasteiger partial charge in [-0.3, -0.25) is 0 Å². The van der Waals surface area contributed by atoms with Crippen LogP contribution in [0.4, 0.5) is 0 Å². The van der Waals surface area contributed by atoms with Gasteiger partial charge in [0.05, 0.1) is 12.1 Å². The molecule has 3 nitrogen and oxygen atoms in total. The summed E-state index contributed by atoms with van der Waals surface area (Å²) in [6.45, 7) is 7.44. The Labute approximate surface area is 68.6 Å². The van der Waals surface area contributed by atoms with Crippen LogP contribution >= 0.6 is 0 Å². The molecule has 3 heteroatoms. The van der Waals surface area contributed by atoms with E-state index in [0.717, 1.165) is 0 Å². The van der Waals surface area contributed by atoms with Gasteiger partial charge in [0.1, 0.15) is 0 Å². The van der Waals surface area contributed by atoms with E-state index in [1.807, 2.05) is 39.8 Å². The van der Waals surface area contributed by atoms with E-state index in [1.165, 1.54) is 0 Å². The van der Waals surface area contributed by atoms with Crippen LogP contribution in [0.5, 0.6) is 0 Å². The zero-order valence-corrected chi connectivity index (χ0v) is 7.55.